The Morgan fingerprint density at radius 3 is 2.90 bits per heavy atom. The van der Waals surface area contributed by atoms with E-state index in [1.165, 1.54) is 23.7 Å². The lowest BCUT2D eigenvalue weighted by Crippen LogP contribution is -2.56. The van der Waals surface area contributed by atoms with Crippen LogP contribution in [0.4, 0.5) is 5.82 Å². The Balaban J connectivity index is 1.43. The first kappa shape index (κ1) is 20.3. The molecule has 3 aromatic rings. The molecule has 0 radical (unpaired) electrons. The van der Waals surface area contributed by atoms with Gasteiger partial charge >= 0.3 is 0 Å². The van der Waals surface area contributed by atoms with Crippen LogP contribution in [-0.4, -0.2) is 50.7 Å². The molecule has 0 spiro atoms. The van der Waals surface area contributed by atoms with Gasteiger partial charge in [0.15, 0.2) is 0 Å². The summed E-state index contributed by atoms with van der Waals surface area (Å²) in [5.41, 5.74) is 7.57. The molecule has 1 aromatic carbocycles. The number of halogens is 1. The first-order valence-electron chi connectivity index (χ1n) is 9.44. The lowest BCUT2D eigenvalue weighted by atomic mass is 10.1. The maximum Gasteiger partial charge on any atom is 0.247 e. The fraction of sp³-hybridized carbons (Fsp3) is 0.238. The first-order valence-corrected chi connectivity index (χ1v) is 10.6. The van der Waals surface area contributed by atoms with Crippen LogP contribution in [0, 0.1) is 0 Å². The number of carbonyl (C=O) groups excluding carboxylic acids is 2. The molecule has 4 rings (SSSR count). The lowest BCUT2D eigenvalue weighted by molar-refractivity contribution is -0.148. The Bertz CT molecular complexity index is 1150. The van der Waals surface area contributed by atoms with Gasteiger partial charge in [0.1, 0.15) is 18.2 Å². The molecular weight excluding hydrogens is 422 g/mol. The predicted molar refractivity (Wildman–Crippen MR) is 119 cm³/mol. The number of aromatic nitrogens is 2. The molecule has 1 aliphatic rings. The summed E-state index contributed by atoms with van der Waals surface area (Å²) in [6.07, 6.45) is 4.65. The van der Waals surface area contributed by atoms with Gasteiger partial charge in [0.05, 0.1) is 9.85 Å². The second kappa shape index (κ2) is 8.41. The monoisotopic (exact) mass is 441 g/mol. The number of anilines is 1. The first-order chi connectivity index (χ1) is 14.4. The van der Waals surface area contributed by atoms with Crippen LogP contribution in [0.15, 0.2) is 42.7 Å². The van der Waals surface area contributed by atoms with Crippen molar-refractivity contribution in [1.82, 2.24) is 19.8 Å². The molecule has 154 valence electrons. The van der Waals surface area contributed by atoms with E-state index in [-0.39, 0.29) is 11.8 Å². The number of hydrogen-bond acceptors (Lipinski definition) is 6. The summed E-state index contributed by atoms with van der Waals surface area (Å²) < 4.78 is 0.669. The minimum atomic E-state index is -0.527. The topological polar surface area (TPSA) is 92.4 Å². The van der Waals surface area contributed by atoms with Crippen LogP contribution in [0.1, 0.15) is 17.4 Å². The van der Waals surface area contributed by atoms with Gasteiger partial charge in [-0.15, -0.1) is 11.3 Å². The van der Waals surface area contributed by atoms with Gasteiger partial charge in [0.25, 0.3) is 0 Å². The van der Waals surface area contributed by atoms with Crippen molar-refractivity contribution in [2.45, 2.75) is 19.5 Å². The number of nitrogens with two attached hydrogens (primary N) is 1. The van der Waals surface area contributed by atoms with Crippen LogP contribution in [-0.2, 0) is 16.1 Å². The molecule has 7 nitrogen and oxygen atoms in total. The van der Waals surface area contributed by atoms with E-state index in [9.17, 15) is 9.59 Å². The molecule has 0 aliphatic carbocycles. The highest BCUT2D eigenvalue weighted by Crippen LogP contribution is 2.23. The highest BCUT2D eigenvalue weighted by molar-refractivity contribution is 7.17. The van der Waals surface area contributed by atoms with E-state index in [2.05, 4.69) is 9.97 Å². The minimum absolute atomic E-state index is 0.0792. The molecule has 1 fully saturated rings. The van der Waals surface area contributed by atoms with Crippen molar-refractivity contribution in [3.05, 3.63) is 57.5 Å². The van der Waals surface area contributed by atoms with Crippen molar-refractivity contribution in [2.24, 2.45) is 0 Å². The van der Waals surface area contributed by atoms with Gasteiger partial charge < -0.3 is 15.5 Å². The van der Waals surface area contributed by atoms with Crippen LogP contribution in [0.25, 0.3) is 17.0 Å². The number of nitrogen functional groups attached to an aromatic ring is 1. The van der Waals surface area contributed by atoms with Crippen molar-refractivity contribution in [2.75, 3.05) is 18.8 Å². The molecule has 1 aliphatic heterocycles. The van der Waals surface area contributed by atoms with Gasteiger partial charge in [0, 0.05) is 36.0 Å². The van der Waals surface area contributed by atoms with Crippen molar-refractivity contribution in [1.29, 1.82) is 0 Å². The molecule has 1 atom stereocenters. The Labute approximate surface area is 182 Å². The van der Waals surface area contributed by atoms with E-state index < -0.39 is 6.04 Å². The number of benzene rings is 1. The number of carbonyl (C=O) groups is 2. The standard InChI is InChI=1S/C21H20ClN5O2S/c1-13-21(29)26(11-14-2-5-16-17(10-14)24-12-25-20(16)23)8-9-27(13)19(28)7-4-15-3-6-18(22)30-15/h2-7,10,12-13H,8-9,11H2,1H3,(H2,23,24,25)/b7-4+/t13-/m0/s1. The number of rotatable bonds is 4. The van der Waals surface area contributed by atoms with Gasteiger partial charge in [-0.1, -0.05) is 17.7 Å². The second-order valence-electron chi connectivity index (χ2n) is 7.05. The highest BCUT2D eigenvalue weighted by atomic mass is 35.5. The quantitative estimate of drug-likeness (QED) is 0.627. The summed E-state index contributed by atoms with van der Waals surface area (Å²) >= 11 is 7.31. The summed E-state index contributed by atoms with van der Waals surface area (Å²) in [6, 6.07) is 8.82. The second-order valence-corrected chi connectivity index (χ2v) is 8.80. The molecule has 1 saturated heterocycles. The molecule has 2 amide bonds. The lowest BCUT2D eigenvalue weighted by Gasteiger charge is -2.38. The zero-order chi connectivity index (χ0) is 21.3. The average molecular weight is 442 g/mol. The number of hydrogen-bond donors (Lipinski definition) is 1. The van der Waals surface area contributed by atoms with Crippen molar-refractivity contribution < 1.29 is 9.59 Å². The van der Waals surface area contributed by atoms with E-state index in [0.717, 1.165) is 21.3 Å². The molecule has 30 heavy (non-hydrogen) atoms. The van der Waals surface area contributed by atoms with E-state index in [0.29, 0.717) is 29.8 Å². The summed E-state index contributed by atoms with van der Waals surface area (Å²) in [4.78, 5) is 38.0. The van der Waals surface area contributed by atoms with Gasteiger partial charge in [-0.2, -0.15) is 0 Å². The van der Waals surface area contributed by atoms with E-state index in [1.807, 2.05) is 24.3 Å². The number of thiophene rings is 1. The molecule has 2 N–H and O–H groups in total. The predicted octanol–water partition coefficient (Wildman–Crippen LogP) is 3.20. The van der Waals surface area contributed by atoms with Gasteiger partial charge in [-0.3, -0.25) is 9.59 Å². The average Bonchev–Trinajstić information content (AvgIpc) is 3.15. The largest absolute Gasteiger partial charge is 0.383 e. The van der Waals surface area contributed by atoms with E-state index in [1.54, 1.807) is 28.9 Å². The van der Waals surface area contributed by atoms with Crippen LogP contribution < -0.4 is 5.73 Å². The van der Waals surface area contributed by atoms with E-state index >= 15 is 0 Å². The minimum Gasteiger partial charge on any atom is -0.383 e. The normalized spacial score (nSPS) is 17.3. The van der Waals surface area contributed by atoms with Crippen molar-refractivity contribution in [3.8, 4) is 0 Å². The number of piperazine rings is 1. The molecule has 0 unspecified atom stereocenters. The Kier molecular flexibility index (Phi) is 5.69. The van der Waals surface area contributed by atoms with Gasteiger partial charge in [-0.25, -0.2) is 9.97 Å². The maximum atomic E-state index is 12.9. The molecule has 3 heterocycles. The van der Waals surface area contributed by atoms with E-state index in [4.69, 9.17) is 17.3 Å². The van der Waals surface area contributed by atoms with Crippen LogP contribution >= 0.6 is 22.9 Å². The molecular formula is C21H20ClN5O2S. The Morgan fingerprint density at radius 2 is 2.13 bits per heavy atom. The zero-order valence-electron chi connectivity index (χ0n) is 16.3. The summed E-state index contributed by atoms with van der Waals surface area (Å²) in [7, 11) is 0. The van der Waals surface area contributed by atoms with Crippen molar-refractivity contribution >= 4 is 57.5 Å². The summed E-state index contributed by atoms with van der Waals surface area (Å²) in [6.45, 7) is 3.16. The molecule has 0 bridgehead atoms. The SMILES string of the molecule is C[C@H]1C(=O)N(Cc2ccc3c(N)ncnc3c2)CCN1C(=O)/C=C/c1ccc(Cl)s1. The number of nitrogens with zero attached hydrogens (tertiary/aromatic N) is 4. The third kappa shape index (κ3) is 4.15. The third-order valence-corrected chi connectivity index (χ3v) is 6.32. The maximum absolute atomic E-state index is 12.9. The highest BCUT2D eigenvalue weighted by Gasteiger charge is 2.33. The smallest absolute Gasteiger partial charge is 0.247 e. The molecule has 2 aromatic heterocycles. The Morgan fingerprint density at radius 1 is 1.30 bits per heavy atom. The molecule has 0 saturated carbocycles. The summed E-state index contributed by atoms with van der Waals surface area (Å²) in [5.74, 6) is 0.170. The van der Waals surface area contributed by atoms with Gasteiger partial charge in [0.2, 0.25) is 11.8 Å². The number of amides is 2. The zero-order valence-corrected chi connectivity index (χ0v) is 17.9. The van der Waals surface area contributed by atoms with Crippen LogP contribution in [0.3, 0.4) is 0 Å². The molecule has 9 heteroatoms. The summed E-state index contributed by atoms with van der Waals surface area (Å²) in [5, 5.41) is 0.787. The fourth-order valence-electron chi connectivity index (χ4n) is 3.50. The van der Waals surface area contributed by atoms with Crippen LogP contribution in [0.5, 0.6) is 0 Å². The van der Waals surface area contributed by atoms with Gasteiger partial charge in [-0.05, 0) is 42.8 Å². The van der Waals surface area contributed by atoms with Crippen LogP contribution in [0.2, 0.25) is 4.34 Å². The Hall–Kier alpha value is -2.97. The fourth-order valence-corrected chi connectivity index (χ4v) is 4.46. The van der Waals surface area contributed by atoms with Crippen molar-refractivity contribution in [3.63, 3.8) is 0 Å². The third-order valence-electron chi connectivity index (χ3n) is 5.12. The number of fused-ring (bicyclic) bond motifs is 1.